The fourth-order valence-electron chi connectivity index (χ4n) is 1.61. The Morgan fingerprint density at radius 3 is 2.57 bits per heavy atom. The fourth-order valence-corrected chi connectivity index (χ4v) is 2.36. The highest BCUT2D eigenvalue weighted by Crippen LogP contribution is 2.16. The van der Waals surface area contributed by atoms with Crippen LogP contribution in [0.3, 0.4) is 0 Å². The second-order valence-electron chi connectivity index (χ2n) is 4.09. The molecule has 1 aromatic carbocycles. The van der Waals surface area contributed by atoms with Crippen LogP contribution in [0.2, 0.25) is 0 Å². The summed E-state index contributed by atoms with van der Waals surface area (Å²) >= 11 is 1.40. The quantitative estimate of drug-likeness (QED) is 0.625. The van der Waals surface area contributed by atoms with Crippen LogP contribution in [0.1, 0.15) is 16.8 Å². The van der Waals surface area contributed by atoms with Crippen molar-refractivity contribution in [3.8, 4) is 0 Å². The average molecular weight is 302 g/mol. The molecule has 2 amide bonds. The summed E-state index contributed by atoms with van der Waals surface area (Å²) in [5, 5.41) is 3.31. The van der Waals surface area contributed by atoms with Crippen molar-refractivity contribution in [3.05, 3.63) is 48.3 Å². The second-order valence-corrected chi connectivity index (χ2v) is 5.15. The van der Waals surface area contributed by atoms with Crippen molar-refractivity contribution in [2.75, 3.05) is 11.1 Å². The zero-order valence-electron chi connectivity index (χ0n) is 11.2. The summed E-state index contributed by atoms with van der Waals surface area (Å²) in [7, 11) is 0. The summed E-state index contributed by atoms with van der Waals surface area (Å²) in [6.07, 6.45) is 3.59. The van der Waals surface area contributed by atoms with Gasteiger partial charge < -0.3 is 11.1 Å². The first-order chi connectivity index (χ1) is 10.2. The molecule has 1 heterocycles. The molecular formula is C14H14N4O2S. The number of para-hydroxylation sites is 1. The van der Waals surface area contributed by atoms with E-state index in [9.17, 15) is 9.59 Å². The number of aromatic nitrogens is 2. The molecular weight excluding hydrogens is 288 g/mol. The lowest BCUT2D eigenvalue weighted by atomic mass is 10.1. The molecule has 0 saturated heterocycles. The van der Waals surface area contributed by atoms with Gasteiger partial charge in [-0.1, -0.05) is 23.9 Å². The molecule has 2 aromatic rings. The van der Waals surface area contributed by atoms with Gasteiger partial charge in [-0.3, -0.25) is 9.59 Å². The van der Waals surface area contributed by atoms with Gasteiger partial charge in [-0.25, -0.2) is 9.97 Å². The number of thioether (sulfide) groups is 1. The molecule has 1 aromatic heterocycles. The van der Waals surface area contributed by atoms with E-state index < -0.39 is 5.91 Å². The zero-order valence-corrected chi connectivity index (χ0v) is 12.0. The lowest BCUT2D eigenvalue weighted by Gasteiger charge is -2.08. The van der Waals surface area contributed by atoms with Gasteiger partial charge in [0.2, 0.25) is 5.91 Å². The highest BCUT2D eigenvalue weighted by atomic mass is 32.2. The third-order valence-corrected chi connectivity index (χ3v) is 3.45. The minimum absolute atomic E-state index is 0.188. The summed E-state index contributed by atoms with van der Waals surface area (Å²) in [4.78, 5) is 31.2. The molecule has 0 spiro atoms. The third-order valence-electron chi connectivity index (χ3n) is 2.57. The van der Waals surface area contributed by atoms with E-state index in [1.807, 2.05) is 0 Å². The summed E-state index contributed by atoms with van der Waals surface area (Å²) < 4.78 is 0. The van der Waals surface area contributed by atoms with Crippen LogP contribution in [0.25, 0.3) is 0 Å². The maximum Gasteiger partial charge on any atom is 0.250 e. The monoisotopic (exact) mass is 302 g/mol. The van der Waals surface area contributed by atoms with Crippen molar-refractivity contribution >= 4 is 29.3 Å². The molecule has 21 heavy (non-hydrogen) atoms. The van der Waals surface area contributed by atoms with E-state index in [2.05, 4.69) is 15.3 Å². The highest BCUT2D eigenvalue weighted by Gasteiger charge is 2.10. The van der Waals surface area contributed by atoms with Gasteiger partial charge in [-0.05, 0) is 18.2 Å². The lowest BCUT2D eigenvalue weighted by molar-refractivity contribution is -0.115. The predicted molar refractivity (Wildman–Crippen MR) is 81.0 cm³/mol. The normalized spacial score (nSPS) is 10.1. The maximum atomic E-state index is 11.9. The number of amides is 2. The van der Waals surface area contributed by atoms with E-state index in [4.69, 9.17) is 5.73 Å². The molecule has 2 rings (SSSR count). The lowest BCUT2D eigenvalue weighted by Crippen LogP contribution is -2.18. The number of carbonyl (C=O) groups excluding carboxylic acids is 2. The average Bonchev–Trinajstić information content (AvgIpc) is 2.48. The van der Waals surface area contributed by atoms with E-state index in [1.54, 1.807) is 42.7 Å². The number of nitrogens with one attached hydrogen (secondary N) is 1. The Balaban J connectivity index is 1.86. The molecule has 0 unspecified atom stereocenters. The van der Waals surface area contributed by atoms with Gasteiger partial charge in [0.25, 0.3) is 5.91 Å². The Morgan fingerprint density at radius 2 is 1.86 bits per heavy atom. The first-order valence-electron chi connectivity index (χ1n) is 6.25. The molecule has 6 nitrogen and oxygen atoms in total. The molecule has 0 bridgehead atoms. The van der Waals surface area contributed by atoms with Crippen molar-refractivity contribution < 1.29 is 9.59 Å². The first kappa shape index (κ1) is 15.0. The topological polar surface area (TPSA) is 98.0 Å². The van der Waals surface area contributed by atoms with Crippen LogP contribution < -0.4 is 11.1 Å². The fraction of sp³-hybridized carbons (Fsp3) is 0.143. The first-order valence-corrected chi connectivity index (χ1v) is 7.24. The number of carbonyl (C=O) groups is 2. The smallest absolute Gasteiger partial charge is 0.250 e. The number of hydrogen-bond donors (Lipinski definition) is 2. The third kappa shape index (κ3) is 4.57. The van der Waals surface area contributed by atoms with Crippen LogP contribution in [-0.4, -0.2) is 27.5 Å². The summed E-state index contributed by atoms with van der Waals surface area (Å²) in [6, 6.07) is 8.38. The van der Waals surface area contributed by atoms with Crippen LogP contribution in [0.4, 0.5) is 5.69 Å². The minimum atomic E-state index is -0.571. The molecule has 0 fully saturated rings. The molecule has 0 aliphatic heterocycles. The molecule has 0 aliphatic rings. The second kappa shape index (κ2) is 7.39. The van der Waals surface area contributed by atoms with E-state index in [-0.39, 0.29) is 12.3 Å². The Morgan fingerprint density at radius 1 is 1.14 bits per heavy atom. The number of anilines is 1. The number of hydrogen-bond acceptors (Lipinski definition) is 5. The summed E-state index contributed by atoms with van der Waals surface area (Å²) in [5.74, 6) is -0.209. The zero-order chi connectivity index (χ0) is 15.1. The number of benzene rings is 1. The van der Waals surface area contributed by atoms with Crippen molar-refractivity contribution in [2.45, 2.75) is 11.6 Å². The number of primary amides is 1. The van der Waals surface area contributed by atoms with Crippen molar-refractivity contribution in [3.63, 3.8) is 0 Å². The van der Waals surface area contributed by atoms with E-state index in [0.29, 0.717) is 22.2 Å². The standard InChI is InChI=1S/C14H14N4O2S/c15-13(20)10-4-1-2-5-11(10)18-12(19)6-9-21-14-16-7-3-8-17-14/h1-5,7-8H,6,9H2,(H2,15,20)(H,18,19). The molecule has 0 radical (unpaired) electrons. The Hall–Kier alpha value is -2.41. The Kier molecular flexibility index (Phi) is 5.28. The predicted octanol–water partition coefficient (Wildman–Crippen LogP) is 1.70. The molecule has 3 N–H and O–H groups in total. The Labute approximate surface area is 126 Å². The van der Waals surface area contributed by atoms with E-state index in [0.717, 1.165) is 0 Å². The van der Waals surface area contributed by atoms with Crippen molar-refractivity contribution in [1.29, 1.82) is 0 Å². The van der Waals surface area contributed by atoms with Crippen LogP contribution in [0.5, 0.6) is 0 Å². The number of nitrogens with zero attached hydrogens (tertiary/aromatic N) is 2. The summed E-state index contributed by atoms with van der Waals surface area (Å²) in [5.41, 5.74) is 5.98. The Bertz CT molecular complexity index is 634. The molecule has 7 heteroatoms. The van der Waals surface area contributed by atoms with Crippen LogP contribution >= 0.6 is 11.8 Å². The van der Waals surface area contributed by atoms with Gasteiger partial charge in [-0.15, -0.1) is 0 Å². The van der Waals surface area contributed by atoms with Crippen LogP contribution in [0, 0.1) is 0 Å². The van der Waals surface area contributed by atoms with Crippen LogP contribution in [-0.2, 0) is 4.79 Å². The van der Waals surface area contributed by atoms with Gasteiger partial charge in [0.15, 0.2) is 5.16 Å². The van der Waals surface area contributed by atoms with Crippen molar-refractivity contribution in [2.24, 2.45) is 5.73 Å². The molecule has 0 atom stereocenters. The van der Waals surface area contributed by atoms with Gasteiger partial charge in [0.1, 0.15) is 0 Å². The summed E-state index contributed by atoms with van der Waals surface area (Å²) in [6.45, 7) is 0. The van der Waals surface area contributed by atoms with Gasteiger partial charge >= 0.3 is 0 Å². The maximum absolute atomic E-state index is 11.9. The number of rotatable bonds is 6. The SMILES string of the molecule is NC(=O)c1ccccc1NC(=O)CCSc1ncccn1. The van der Waals surface area contributed by atoms with Crippen LogP contribution in [0.15, 0.2) is 47.9 Å². The highest BCUT2D eigenvalue weighted by molar-refractivity contribution is 7.99. The van der Waals surface area contributed by atoms with Crippen molar-refractivity contribution in [1.82, 2.24) is 9.97 Å². The van der Waals surface area contributed by atoms with E-state index >= 15 is 0 Å². The number of nitrogens with two attached hydrogens (primary N) is 1. The minimum Gasteiger partial charge on any atom is -0.366 e. The largest absolute Gasteiger partial charge is 0.366 e. The molecule has 0 saturated carbocycles. The van der Waals surface area contributed by atoms with Gasteiger partial charge in [0.05, 0.1) is 11.3 Å². The van der Waals surface area contributed by atoms with Gasteiger partial charge in [-0.2, -0.15) is 0 Å². The molecule has 108 valence electrons. The van der Waals surface area contributed by atoms with Gasteiger partial charge in [0, 0.05) is 24.6 Å². The molecule has 0 aliphatic carbocycles. The van der Waals surface area contributed by atoms with E-state index in [1.165, 1.54) is 11.8 Å².